The Balaban J connectivity index is 2.39. The van der Waals surface area contributed by atoms with E-state index in [0.29, 0.717) is 6.42 Å². The molecule has 0 fully saturated rings. The lowest BCUT2D eigenvalue weighted by molar-refractivity contribution is 0.376. The molecule has 0 saturated carbocycles. The molecule has 0 radical (unpaired) electrons. The van der Waals surface area contributed by atoms with E-state index in [1.165, 1.54) is 6.26 Å². The molecule has 0 saturated heterocycles. The molecule has 1 rings (SSSR count). The first kappa shape index (κ1) is 13.6. The Morgan fingerprint density at radius 2 is 2.19 bits per heavy atom. The van der Waals surface area contributed by atoms with Crippen molar-refractivity contribution in [1.29, 1.82) is 0 Å². The molecule has 0 unspecified atom stereocenters. The van der Waals surface area contributed by atoms with E-state index in [4.69, 9.17) is 0 Å². The quantitative estimate of drug-likeness (QED) is 0.843. The molecular weight excluding hydrogens is 244 g/mol. The molecule has 1 heterocycles. The zero-order valence-electron chi connectivity index (χ0n) is 9.86. The van der Waals surface area contributed by atoms with Gasteiger partial charge in [0, 0.05) is 29.4 Å². The van der Waals surface area contributed by atoms with Crippen LogP contribution in [0.2, 0.25) is 0 Å². The summed E-state index contributed by atoms with van der Waals surface area (Å²) in [7, 11) is -2.88. The lowest BCUT2D eigenvalue weighted by atomic mass is 10.0. The smallest absolute Gasteiger partial charge is 0.147 e. The number of nitrogens with one attached hydrogen (secondary N) is 1. The zero-order chi connectivity index (χ0) is 12.2. The summed E-state index contributed by atoms with van der Waals surface area (Å²) >= 11 is 1.60. The number of hydrogen-bond donors (Lipinski definition) is 1. The molecule has 0 aromatic carbocycles. The number of sulfone groups is 1. The van der Waals surface area contributed by atoms with Gasteiger partial charge < -0.3 is 5.32 Å². The van der Waals surface area contributed by atoms with E-state index in [1.54, 1.807) is 16.8 Å². The summed E-state index contributed by atoms with van der Waals surface area (Å²) < 4.78 is 22.2. The van der Waals surface area contributed by atoms with E-state index < -0.39 is 9.84 Å². The first-order valence-electron chi connectivity index (χ1n) is 5.09. The minimum Gasteiger partial charge on any atom is -0.307 e. The van der Waals surface area contributed by atoms with E-state index >= 15 is 0 Å². The molecule has 1 aromatic heterocycles. The van der Waals surface area contributed by atoms with E-state index in [-0.39, 0.29) is 11.3 Å². The predicted molar refractivity (Wildman–Crippen MR) is 67.4 cm³/mol. The maximum Gasteiger partial charge on any atom is 0.147 e. The van der Waals surface area contributed by atoms with Crippen LogP contribution in [0.1, 0.15) is 25.1 Å². The Labute approximate surface area is 101 Å². The summed E-state index contributed by atoms with van der Waals surface area (Å²) in [5, 5.41) is 3.34. The summed E-state index contributed by atoms with van der Waals surface area (Å²) in [4.78, 5) is 5.15. The molecule has 0 aliphatic heterocycles. The van der Waals surface area contributed by atoms with Crippen molar-refractivity contribution in [1.82, 2.24) is 10.3 Å². The van der Waals surface area contributed by atoms with Gasteiger partial charge in [-0.3, -0.25) is 4.98 Å². The summed E-state index contributed by atoms with van der Waals surface area (Å²) in [6.07, 6.45) is 3.71. The Morgan fingerprint density at radius 1 is 1.50 bits per heavy atom. The highest BCUT2D eigenvalue weighted by atomic mass is 32.2. The zero-order valence-corrected chi connectivity index (χ0v) is 11.5. The number of nitrogens with zero attached hydrogens (tertiary/aromatic N) is 1. The van der Waals surface area contributed by atoms with Gasteiger partial charge in [-0.25, -0.2) is 8.42 Å². The SMILES string of the molecule is CC(C)(CCS(C)(=O)=O)NCc1cncs1. The van der Waals surface area contributed by atoms with Crippen LogP contribution in [0.4, 0.5) is 0 Å². The van der Waals surface area contributed by atoms with Gasteiger partial charge in [-0.1, -0.05) is 0 Å². The van der Waals surface area contributed by atoms with Crippen molar-refractivity contribution >= 4 is 21.2 Å². The molecule has 1 aromatic rings. The third-order valence-electron chi connectivity index (χ3n) is 2.32. The Hall–Kier alpha value is -0.460. The van der Waals surface area contributed by atoms with Crippen molar-refractivity contribution in [3.8, 4) is 0 Å². The largest absolute Gasteiger partial charge is 0.307 e. The Bertz CT molecular complexity index is 410. The fraction of sp³-hybridized carbons (Fsp3) is 0.700. The van der Waals surface area contributed by atoms with Crippen LogP contribution < -0.4 is 5.32 Å². The van der Waals surface area contributed by atoms with Crippen LogP contribution in [-0.2, 0) is 16.4 Å². The predicted octanol–water partition coefficient (Wildman–Crippen LogP) is 1.45. The molecule has 4 nitrogen and oxygen atoms in total. The van der Waals surface area contributed by atoms with Gasteiger partial charge in [0.25, 0.3) is 0 Å². The van der Waals surface area contributed by atoms with Crippen molar-refractivity contribution in [3.05, 3.63) is 16.6 Å². The van der Waals surface area contributed by atoms with Crippen LogP contribution in [0, 0.1) is 0 Å². The van der Waals surface area contributed by atoms with Crippen molar-refractivity contribution in [2.75, 3.05) is 12.0 Å². The lowest BCUT2D eigenvalue weighted by Gasteiger charge is -2.25. The second kappa shape index (κ2) is 5.25. The van der Waals surface area contributed by atoms with Gasteiger partial charge in [0.05, 0.1) is 11.3 Å². The van der Waals surface area contributed by atoms with Crippen LogP contribution >= 0.6 is 11.3 Å². The maximum atomic E-state index is 11.1. The second-order valence-electron chi connectivity index (χ2n) is 4.59. The normalized spacial score (nSPS) is 12.9. The average molecular weight is 262 g/mol. The topological polar surface area (TPSA) is 59.1 Å². The molecule has 0 aliphatic rings. The Morgan fingerprint density at radius 3 is 2.69 bits per heavy atom. The summed E-state index contributed by atoms with van der Waals surface area (Å²) in [6.45, 7) is 4.76. The summed E-state index contributed by atoms with van der Waals surface area (Å²) in [5.41, 5.74) is 1.62. The minimum absolute atomic E-state index is 0.174. The molecule has 0 atom stereocenters. The van der Waals surface area contributed by atoms with Crippen molar-refractivity contribution in [3.63, 3.8) is 0 Å². The van der Waals surface area contributed by atoms with Crippen LogP contribution in [0.3, 0.4) is 0 Å². The van der Waals surface area contributed by atoms with Gasteiger partial charge in [-0.2, -0.15) is 0 Å². The van der Waals surface area contributed by atoms with Gasteiger partial charge in [-0.15, -0.1) is 11.3 Å². The van der Waals surface area contributed by atoms with E-state index in [0.717, 1.165) is 11.4 Å². The van der Waals surface area contributed by atoms with Gasteiger partial charge in [0.2, 0.25) is 0 Å². The first-order chi connectivity index (χ1) is 7.29. The van der Waals surface area contributed by atoms with Gasteiger partial charge in [0.15, 0.2) is 0 Å². The van der Waals surface area contributed by atoms with Gasteiger partial charge in [-0.05, 0) is 20.3 Å². The fourth-order valence-corrected chi connectivity index (χ4v) is 2.60. The Kier molecular flexibility index (Phi) is 4.46. The minimum atomic E-state index is -2.88. The van der Waals surface area contributed by atoms with Crippen LogP contribution in [0.5, 0.6) is 0 Å². The molecule has 0 amide bonds. The average Bonchev–Trinajstić information content (AvgIpc) is 2.64. The molecule has 0 bridgehead atoms. The fourth-order valence-electron chi connectivity index (χ4n) is 1.18. The third-order valence-corrected chi connectivity index (χ3v) is 4.05. The molecule has 0 aliphatic carbocycles. The maximum absolute atomic E-state index is 11.1. The number of aromatic nitrogens is 1. The molecule has 6 heteroatoms. The van der Waals surface area contributed by atoms with Crippen LogP contribution in [-0.4, -0.2) is 30.9 Å². The molecule has 16 heavy (non-hydrogen) atoms. The standard InChI is InChI=1S/C10H18N2O2S2/c1-10(2,4-5-16(3,13)14)12-7-9-6-11-8-15-9/h6,8,12H,4-5,7H2,1-3H3. The summed E-state index contributed by atoms with van der Waals surface area (Å²) in [5.74, 6) is 0.218. The highest BCUT2D eigenvalue weighted by Crippen LogP contribution is 2.12. The van der Waals surface area contributed by atoms with Gasteiger partial charge >= 0.3 is 0 Å². The van der Waals surface area contributed by atoms with Gasteiger partial charge in [0.1, 0.15) is 9.84 Å². The van der Waals surface area contributed by atoms with Crippen LogP contribution in [0.15, 0.2) is 11.7 Å². The van der Waals surface area contributed by atoms with Crippen molar-refractivity contribution in [2.24, 2.45) is 0 Å². The second-order valence-corrected chi connectivity index (χ2v) is 7.82. The van der Waals surface area contributed by atoms with E-state index in [2.05, 4.69) is 10.3 Å². The monoisotopic (exact) mass is 262 g/mol. The van der Waals surface area contributed by atoms with Crippen molar-refractivity contribution in [2.45, 2.75) is 32.4 Å². The van der Waals surface area contributed by atoms with E-state index in [9.17, 15) is 8.42 Å². The molecule has 1 N–H and O–H groups in total. The molecule has 92 valence electrons. The first-order valence-corrected chi connectivity index (χ1v) is 8.03. The number of hydrogen-bond acceptors (Lipinski definition) is 5. The van der Waals surface area contributed by atoms with E-state index in [1.807, 2.05) is 20.0 Å². The third kappa shape index (κ3) is 5.58. The molecule has 0 spiro atoms. The lowest BCUT2D eigenvalue weighted by Crippen LogP contribution is -2.40. The number of thiazole rings is 1. The van der Waals surface area contributed by atoms with Crippen molar-refractivity contribution < 1.29 is 8.42 Å². The summed E-state index contributed by atoms with van der Waals surface area (Å²) in [6, 6.07) is 0. The highest BCUT2D eigenvalue weighted by molar-refractivity contribution is 7.90. The molecular formula is C10H18N2O2S2. The van der Waals surface area contributed by atoms with Crippen LogP contribution in [0.25, 0.3) is 0 Å². The number of rotatable bonds is 6. The highest BCUT2D eigenvalue weighted by Gasteiger charge is 2.19.